The SMILES string of the molecule is CC(NC(=O)C(Br)C(C)C)c1cccc(OC(F)F)c1. The van der Waals surface area contributed by atoms with Gasteiger partial charge in [0.25, 0.3) is 0 Å². The topological polar surface area (TPSA) is 38.3 Å². The minimum absolute atomic E-state index is 0.0813. The molecule has 112 valence electrons. The number of halogens is 3. The summed E-state index contributed by atoms with van der Waals surface area (Å²) >= 11 is 3.32. The molecule has 0 aromatic heterocycles. The van der Waals surface area contributed by atoms with Crippen molar-refractivity contribution in [1.29, 1.82) is 0 Å². The van der Waals surface area contributed by atoms with Crippen molar-refractivity contribution in [3.8, 4) is 5.75 Å². The Labute approximate surface area is 125 Å². The predicted molar refractivity (Wildman–Crippen MR) is 77.2 cm³/mol. The highest BCUT2D eigenvalue weighted by atomic mass is 79.9. The summed E-state index contributed by atoms with van der Waals surface area (Å²) in [6.07, 6.45) is 0. The van der Waals surface area contributed by atoms with E-state index in [1.807, 2.05) is 13.8 Å². The average Bonchev–Trinajstić information content (AvgIpc) is 2.37. The molecule has 3 nitrogen and oxygen atoms in total. The van der Waals surface area contributed by atoms with E-state index in [1.54, 1.807) is 19.1 Å². The summed E-state index contributed by atoms with van der Waals surface area (Å²) in [6.45, 7) is 2.80. The van der Waals surface area contributed by atoms with Crippen molar-refractivity contribution in [2.24, 2.45) is 5.92 Å². The van der Waals surface area contributed by atoms with E-state index < -0.39 is 6.61 Å². The fourth-order valence-corrected chi connectivity index (χ4v) is 1.77. The van der Waals surface area contributed by atoms with Gasteiger partial charge in [0.15, 0.2) is 0 Å². The molecule has 1 amide bonds. The average molecular weight is 350 g/mol. The van der Waals surface area contributed by atoms with Crippen molar-refractivity contribution in [2.45, 2.75) is 38.3 Å². The Morgan fingerprint density at radius 2 is 1.95 bits per heavy atom. The lowest BCUT2D eigenvalue weighted by atomic mass is 10.1. The first-order valence-electron chi connectivity index (χ1n) is 6.30. The number of alkyl halides is 3. The molecule has 20 heavy (non-hydrogen) atoms. The van der Waals surface area contributed by atoms with Crippen LogP contribution in [0.15, 0.2) is 24.3 Å². The normalized spacial score (nSPS) is 14.2. The molecular formula is C14H18BrF2NO2. The lowest BCUT2D eigenvalue weighted by Gasteiger charge is -2.19. The molecule has 6 heteroatoms. The lowest BCUT2D eigenvalue weighted by molar-refractivity contribution is -0.121. The summed E-state index contributed by atoms with van der Waals surface area (Å²) in [7, 11) is 0. The van der Waals surface area contributed by atoms with Gasteiger partial charge in [-0.2, -0.15) is 8.78 Å². The summed E-state index contributed by atoms with van der Waals surface area (Å²) in [5.74, 6) is 0.112. The first kappa shape index (κ1) is 16.9. The monoisotopic (exact) mass is 349 g/mol. The second kappa shape index (κ2) is 7.57. The van der Waals surface area contributed by atoms with Crippen LogP contribution in [0, 0.1) is 5.92 Å². The molecule has 0 fully saturated rings. The quantitative estimate of drug-likeness (QED) is 0.791. The van der Waals surface area contributed by atoms with Gasteiger partial charge in [0, 0.05) is 0 Å². The Hall–Kier alpha value is -1.17. The van der Waals surface area contributed by atoms with Gasteiger partial charge in [0.05, 0.1) is 10.9 Å². The van der Waals surface area contributed by atoms with Crippen molar-refractivity contribution in [3.05, 3.63) is 29.8 Å². The van der Waals surface area contributed by atoms with Crippen molar-refractivity contribution in [1.82, 2.24) is 5.32 Å². The van der Waals surface area contributed by atoms with Crippen molar-refractivity contribution in [2.75, 3.05) is 0 Å². The second-order valence-corrected chi connectivity index (χ2v) is 5.81. The Morgan fingerprint density at radius 1 is 1.30 bits per heavy atom. The van der Waals surface area contributed by atoms with Crippen LogP contribution in [0.4, 0.5) is 8.78 Å². The van der Waals surface area contributed by atoms with E-state index in [1.165, 1.54) is 12.1 Å². The molecule has 1 rings (SSSR count). The van der Waals surface area contributed by atoms with Crippen LogP contribution in [0.25, 0.3) is 0 Å². The number of ether oxygens (including phenoxy) is 1. The van der Waals surface area contributed by atoms with Gasteiger partial charge >= 0.3 is 6.61 Å². The van der Waals surface area contributed by atoms with Gasteiger partial charge in [-0.15, -0.1) is 0 Å². The number of carbonyl (C=O) groups excluding carboxylic acids is 1. The molecule has 1 aromatic rings. The van der Waals surface area contributed by atoms with Gasteiger partial charge in [-0.25, -0.2) is 0 Å². The fourth-order valence-electron chi connectivity index (χ4n) is 1.64. The highest BCUT2D eigenvalue weighted by molar-refractivity contribution is 9.10. The number of hydrogen-bond acceptors (Lipinski definition) is 2. The molecule has 0 aliphatic rings. The second-order valence-electron chi connectivity index (χ2n) is 4.83. The van der Waals surface area contributed by atoms with E-state index >= 15 is 0 Å². The molecule has 0 aliphatic carbocycles. The van der Waals surface area contributed by atoms with E-state index in [9.17, 15) is 13.6 Å². The standard InChI is InChI=1S/C14H18BrF2NO2/c1-8(2)12(15)13(19)18-9(3)10-5-4-6-11(7-10)20-14(16)17/h4-9,12,14H,1-3H3,(H,18,19). The van der Waals surface area contributed by atoms with Crippen LogP contribution in [0.3, 0.4) is 0 Å². The van der Waals surface area contributed by atoms with E-state index in [4.69, 9.17) is 0 Å². The number of benzene rings is 1. The van der Waals surface area contributed by atoms with Gasteiger partial charge in [0.2, 0.25) is 5.91 Å². The van der Waals surface area contributed by atoms with Crippen LogP contribution in [-0.2, 0) is 4.79 Å². The summed E-state index contributed by atoms with van der Waals surface area (Å²) in [6, 6.07) is 6.02. The maximum Gasteiger partial charge on any atom is 0.387 e. The van der Waals surface area contributed by atoms with Gasteiger partial charge < -0.3 is 10.1 Å². The summed E-state index contributed by atoms with van der Waals surface area (Å²) in [4.78, 5) is 11.6. The fraction of sp³-hybridized carbons (Fsp3) is 0.500. The number of carbonyl (C=O) groups is 1. The Balaban J connectivity index is 2.72. The third-order valence-electron chi connectivity index (χ3n) is 2.78. The molecule has 0 saturated heterocycles. The number of amides is 1. The van der Waals surface area contributed by atoms with Gasteiger partial charge in [-0.3, -0.25) is 4.79 Å². The van der Waals surface area contributed by atoms with Crippen molar-refractivity contribution in [3.63, 3.8) is 0 Å². The van der Waals surface area contributed by atoms with E-state index in [0.29, 0.717) is 5.56 Å². The maximum atomic E-state index is 12.2. The minimum atomic E-state index is -2.86. The van der Waals surface area contributed by atoms with Crippen LogP contribution in [-0.4, -0.2) is 17.3 Å². The maximum absolute atomic E-state index is 12.2. The zero-order chi connectivity index (χ0) is 15.3. The molecule has 2 atom stereocenters. The van der Waals surface area contributed by atoms with Crippen LogP contribution in [0.5, 0.6) is 5.75 Å². The minimum Gasteiger partial charge on any atom is -0.435 e. The summed E-state index contributed by atoms with van der Waals surface area (Å²) < 4.78 is 28.7. The number of hydrogen-bond donors (Lipinski definition) is 1. The highest BCUT2D eigenvalue weighted by Gasteiger charge is 2.20. The molecule has 1 N–H and O–H groups in total. The van der Waals surface area contributed by atoms with Gasteiger partial charge in [-0.05, 0) is 30.5 Å². The van der Waals surface area contributed by atoms with E-state index in [-0.39, 0.29) is 28.4 Å². The summed E-state index contributed by atoms with van der Waals surface area (Å²) in [5, 5.41) is 2.83. The zero-order valence-electron chi connectivity index (χ0n) is 11.6. The van der Waals surface area contributed by atoms with E-state index in [0.717, 1.165) is 0 Å². The Morgan fingerprint density at radius 3 is 2.50 bits per heavy atom. The third-order valence-corrected chi connectivity index (χ3v) is 4.25. The number of rotatable bonds is 6. The van der Waals surface area contributed by atoms with E-state index in [2.05, 4.69) is 26.0 Å². The third kappa shape index (κ3) is 5.07. The van der Waals surface area contributed by atoms with Crippen molar-refractivity contribution >= 4 is 21.8 Å². The molecule has 0 bridgehead atoms. The molecule has 0 saturated carbocycles. The molecule has 0 heterocycles. The van der Waals surface area contributed by atoms with Crippen LogP contribution in [0.1, 0.15) is 32.4 Å². The van der Waals surface area contributed by atoms with Crippen LogP contribution in [0.2, 0.25) is 0 Å². The first-order valence-corrected chi connectivity index (χ1v) is 7.22. The molecule has 0 aliphatic heterocycles. The predicted octanol–water partition coefficient (Wildman–Crippen LogP) is 3.88. The largest absolute Gasteiger partial charge is 0.435 e. The smallest absolute Gasteiger partial charge is 0.387 e. The Bertz CT molecular complexity index is 455. The van der Waals surface area contributed by atoms with Crippen LogP contribution >= 0.6 is 15.9 Å². The summed E-state index contributed by atoms with van der Waals surface area (Å²) in [5.41, 5.74) is 0.708. The molecule has 2 unspecified atom stereocenters. The van der Waals surface area contributed by atoms with Gasteiger partial charge in [-0.1, -0.05) is 41.9 Å². The molecule has 0 spiro atoms. The van der Waals surface area contributed by atoms with Crippen LogP contribution < -0.4 is 10.1 Å². The highest BCUT2D eigenvalue weighted by Crippen LogP contribution is 2.21. The zero-order valence-corrected chi connectivity index (χ0v) is 13.2. The molecular weight excluding hydrogens is 332 g/mol. The van der Waals surface area contributed by atoms with Crippen molar-refractivity contribution < 1.29 is 18.3 Å². The lowest BCUT2D eigenvalue weighted by Crippen LogP contribution is -2.35. The first-order chi connectivity index (χ1) is 9.31. The number of nitrogens with one attached hydrogen (secondary N) is 1. The molecule has 1 aromatic carbocycles. The molecule has 0 radical (unpaired) electrons. The van der Waals surface area contributed by atoms with Gasteiger partial charge in [0.1, 0.15) is 5.75 Å². The Kier molecular flexibility index (Phi) is 6.39.